The number of thiophene rings is 1. The zero-order chi connectivity index (χ0) is 32.6. The molecular weight excluding hydrogens is 608 g/mol. The molecule has 1 amide bonds. The first-order valence-corrected chi connectivity index (χ1v) is 13.9. The van der Waals surface area contributed by atoms with Gasteiger partial charge < -0.3 is 20.4 Å². The highest BCUT2D eigenvalue weighted by Gasteiger charge is 2.49. The third-order valence-electron chi connectivity index (χ3n) is 6.73. The van der Waals surface area contributed by atoms with Crippen LogP contribution in [0, 0.1) is 18.3 Å². The molecule has 2 aliphatic heterocycles. The largest absolute Gasteiger partial charge is 0.490 e. The van der Waals surface area contributed by atoms with Crippen LogP contribution in [-0.4, -0.2) is 87.5 Å². The zero-order valence-electron chi connectivity index (χ0n) is 23.6. The van der Waals surface area contributed by atoms with Crippen molar-refractivity contribution in [2.75, 3.05) is 31.1 Å². The van der Waals surface area contributed by atoms with Gasteiger partial charge in [-0.1, -0.05) is 19.9 Å². The Morgan fingerprint density at radius 2 is 1.60 bits per heavy atom. The van der Waals surface area contributed by atoms with Gasteiger partial charge in [0.15, 0.2) is 0 Å². The summed E-state index contributed by atoms with van der Waals surface area (Å²) in [5.74, 6) is -4.54. The molecule has 2 unspecified atom stereocenters. The number of carboxylic acid groups (broad SMARTS) is 2. The van der Waals surface area contributed by atoms with Crippen LogP contribution in [0.4, 0.5) is 32.3 Å². The molecule has 0 aromatic carbocycles. The van der Waals surface area contributed by atoms with Crippen molar-refractivity contribution in [3.63, 3.8) is 0 Å². The topological polar surface area (TPSA) is 136 Å². The van der Waals surface area contributed by atoms with E-state index in [9.17, 15) is 31.1 Å². The van der Waals surface area contributed by atoms with Gasteiger partial charge in [-0.15, -0.1) is 11.3 Å². The minimum absolute atomic E-state index is 0.00846. The first kappa shape index (κ1) is 35.7. The van der Waals surface area contributed by atoms with Gasteiger partial charge in [0.05, 0.1) is 0 Å². The minimum atomic E-state index is -5.08. The molecule has 240 valence electrons. The predicted molar refractivity (Wildman–Crippen MR) is 144 cm³/mol. The van der Waals surface area contributed by atoms with E-state index in [1.165, 1.54) is 4.88 Å². The van der Waals surface area contributed by atoms with Gasteiger partial charge in [0.2, 0.25) is 11.9 Å². The van der Waals surface area contributed by atoms with Crippen LogP contribution in [-0.2, 0) is 20.9 Å². The van der Waals surface area contributed by atoms with Crippen LogP contribution in [0.5, 0.6) is 0 Å². The fourth-order valence-corrected chi connectivity index (χ4v) is 5.35. The number of nitrogens with zero attached hydrogens (tertiary/aromatic N) is 4. The number of carbonyl (C=O) groups excluding carboxylic acids is 1. The zero-order valence-corrected chi connectivity index (χ0v) is 24.4. The van der Waals surface area contributed by atoms with E-state index in [1.54, 1.807) is 0 Å². The summed E-state index contributed by atoms with van der Waals surface area (Å²) in [7, 11) is 0. The second-order valence-electron chi connectivity index (χ2n) is 10.5. The lowest BCUT2D eigenvalue weighted by Gasteiger charge is -2.46. The Labute approximate surface area is 247 Å². The summed E-state index contributed by atoms with van der Waals surface area (Å²) in [6.07, 6.45) is -4.37. The highest BCUT2D eigenvalue weighted by Crippen LogP contribution is 2.41. The molecule has 43 heavy (non-hydrogen) atoms. The number of rotatable bonds is 5. The fourth-order valence-electron chi connectivity index (χ4n) is 4.60. The number of aryl methyl sites for hydroxylation is 1. The van der Waals surface area contributed by atoms with Crippen molar-refractivity contribution >= 4 is 35.1 Å². The van der Waals surface area contributed by atoms with Crippen LogP contribution >= 0.6 is 11.3 Å². The van der Waals surface area contributed by atoms with Crippen molar-refractivity contribution in [2.45, 2.75) is 58.6 Å². The second kappa shape index (κ2) is 14.8. The first-order valence-electron chi connectivity index (χ1n) is 13.0. The number of aliphatic carboxylic acids is 2. The Morgan fingerprint density at radius 3 is 2.07 bits per heavy atom. The third kappa shape index (κ3) is 10.9. The summed E-state index contributed by atoms with van der Waals surface area (Å²) in [6.45, 7) is 10.8. The molecule has 0 radical (unpaired) electrons. The van der Waals surface area contributed by atoms with E-state index in [0.717, 1.165) is 57.1 Å². The number of piperidine rings is 1. The maximum absolute atomic E-state index is 12.5. The molecule has 2 aliphatic rings. The van der Waals surface area contributed by atoms with Crippen LogP contribution in [0.3, 0.4) is 0 Å². The maximum Gasteiger partial charge on any atom is 0.490 e. The molecule has 4 heterocycles. The third-order valence-corrected chi connectivity index (χ3v) is 7.59. The van der Waals surface area contributed by atoms with Crippen LogP contribution in [0.2, 0.25) is 0 Å². The van der Waals surface area contributed by atoms with Crippen LogP contribution in [0.25, 0.3) is 0 Å². The number of hydrogen-bond donors (Lipinski definition) is 3. The van der Waals surface area contributed by atoms with E-state index in [-0.39, 0.29) is 23.3 Å². The molecule has 17 heteroatoms. The number of hydrogen-bond acceptors (Lipinski definition) is 8. The summed E-state index contributed by atoms with van der Waals surface area (Å²) in [6, 6.07) is 4.53. The molecule has 3 N–H and O–H groups in total. The minimum Gasteiger partial charge on any atom is -0.475 e. The number of nitrogens with one attached hydrogen (secondary N) is 1. The SMILES string of the molecule is Cc1cnc(N2CCC(NC(=O)C(C)C)C3(CCN(Cc4cccs4)C3)C2)nc1.O=C(O)C(F)(F)F.O=C(O)C(F)(F)F. The summed E-state index contributed by atoms with van der Waals surface area (Å²) >= 11 is 1.82. The number of anilines is 1. The second-order valence-corrected chi connectivity index (χ2v) is 11.5. The van der Waals surface area contributed by atoms with Crippen LogP contribution < -0.4 is 10.2 Å². The van der Waals surface area contributed by atoms with Gasteiger partial charge in [-0.2, -0.15) is 26.3 Å². The van der Waals surface area contributed by atoms with Crippen molar-refractivity contribution in [3.05, 3.63) is 40.3 Å². The number of halogens is 6. The fraction of sp³-hybridized carbons (Fsp3) is 0.577. The van der Waals surface area contributed by atoms with E-state index in [1.807, 2.05) is 44.5 Å². The molecule has 10 nitrogen and oxygen atoms in total. The average molecular weight is 642 g/mol. The smallest absolute Gasteiger partial charge is 0.475 e. The summed E-state index contributed by atoms with van der Waals surface area (Å²) in [5.41, 5.74) is 1.11. The van der Waals surface area contributed by atoms with Gasteiger partial charge in [0, 0.05) is 60.8 Å². The number of carbonyl (C=O) groups is 3. The van der Waals surface area contributed by atoms with Crippen molar-refractivity contribution in [3.8, 4) is 0 Å². The summed E-state index contributed by atoms with van der Waals surface area (Å²) in [5, 5.41) is 19.8. The van der Waals surface area contributed by atoms with Gasteiger partial charge in [-0.25, -0.2) is 19.6 Å². The monoisotopic (exact) mass is 641 g/mol. The molecule has 4 rings (SSSR count). The number of alkyl halides is 6. The number of amides is 1. The number of likely N-dealkylation sites (tertiary alicyclic amines) is 1. The van der Waals surface area contributed by atoms with E-state index < -0.39 is 24.3 Å². The predicted octanol–water partition coefficient (Wildman–Crippen LogP) is 4.36. The van der Waals surface area contributed by atoms with E-state index in [2.05, 4.69) is 42.6 Å². The highest BCUT2D eigenvalue weighted by atomic mass is 32.1. The van der Waals surface area contributed by atoms with E-state index in [0.29, 0.717) is 0 Å². The van der Waals surface area contributed by atoms with E-state index in [4.69, 9.17) is 19.8 Å². The molecule has 2 atom stereocenters. The lowest BCUT2D eigenvalue weighted by molar-refractivity contribution is -0.193. The Kier molecular flexibility index (Phi) is 12.3. The Bertz CT molecular complexity index is 1190. The van der Waals surface area contributed by atoms with Crippen LogP contribution in [0.1, 0.15) is 37.1 Å². The molecule has 2 saturated heterocycles. The van der Waals surface area contributed by atoms with E-state index >= 15 is 0 Å². The standard InChI is InChI=1S/C22H31N5OS.2C2HF3O2/c1-16(2)20(28)25-19-6-8-27(21-23-11-17(3)12-24-21)15-22(19)7-9-26(14-22)13-18-5-4-10-29-18;2*3-2(4,5)1(6)7/h4-5,10-12,16,19H,6-9,13-15H2,1-3H3,(H,25,28);2*(H,6,7). The Morgan fingerprint density at radius 1 is 1.05 bits per heavy atom. The summed E-state index contributed by atoms with van der Waals surface area (Å²) < 4.78 is 63.5. The Hall–Kier alpha value is -3.47. The lowest BCUT2D eigenvalue weighted by Crippen LogP contribution is -2.60. The normalized spacial score (nSPS) is 20.6. The maximum atomic E-state index is 12.5. The molecule has 2 fully saturated rings. The molecule has 2 aromatic heterocycles. The highest BCUT2D eigenvalue weighted by molar-refractivity contribution is 7.09. The molecule has 0 saturated carbocycles. The molecule has 0 aliphatic carbocycles. The van der Waals surface area contributed by atoms with Gasteiger partial charge in [-0.05, 0) is 43.3 Å². The molecule has 2 aromatic rings. The van der Waals surface area contributed by atoms with Crippen LogP contribution in [0.15, 0.2) is 29.9 Å². The Balaban J connectivity index is 0.000000384. The molecule has 0 bridgehead atoms. The summed E-state index contributed by atoms with van der Waals surface area (Å²) in [4.78, 5) is 45.7. The lowest BCUT2D eigenvalue weighted by atomic mass is 9.74. The van der Waals surface area contributed by atoms with Gasteiger partial charge in [0.1, 0.15) is 0 Å². The van der Waals surface area contributed by atoms with Gasteiger partial charge >= 0.3 is 24.3 Å². The first-order chi connectivity index (χ1) is 19.8. The average Bonchev–Trinajstić information content (AvgIpc) is 3.56. The van der Waals surface area contributed by atoms with Gasteiger partial charge in [0.25, 0.3) is 0 Å². The number of aromatic nitrogens is 2. The van der Waals surface area contributed by atoms with Crippen molar-refractivity contribution in [2.24, 2.45) is 11.3 Å². The number of carboxylic acids is 2. The van der Waals surface area contributed by atoms with Gasteiger partial charge in [-0.3, -0.25) is 9.69 Å². The molecular formula is C26H33F6N5O5S. The van der Waals surface area contributed by atoms with Crippen molar-refractivity contribution in [1.29, 1.82) is 0 Å². The van der Waals surface area contributed by atoms with Crippen molar-refractivity contribution < 1.29 is 50.9 Å². The quantitative estimate of drug-likeness (QED) is 0.407. The molecule has 1 spiro atoms. The van der Waals surface area contributed by atoms with Crippen molar-refractivity contribution in [1.82, 2.24) is 20.2 Å².